The van der Waals surface area contributed by atoms with Gasteiger partial charge in [-0.15, -0.1) is 0 Å². The average molecular weight is 276 g/mol. The molecule has 110 valence electrons. The zero-order chi connectivity index (χ0) is 14.4. The SMILES string of the molecule is Cc1nccc(CNC(=O)C2(CN)CCCCCC2)n1. The van der Waals surface area contributed by atoms with Crippen molar-refractivity contribution in [1.82, 2.24) is 15.3 Å². The molecular formula is C15H24N4O. The Balaban J connectivity index is 1.98. The van der Waals surface area contributed by atoms with E-state index in [1.165, 1.54) is 12.8 Å². The van der Waals surface area contributed by atoms with Crippen molar-refractivity contribution in [2.24, 2.45) is 11.1 Å². The smallest absolute Gasteiger partial charge is 0.227 e. The minimum atomic E-state index is -0.376. The van der Waals surface area contributed by atoms with Crippen molar-refractivity contribution in [1.29, 1.82) is 0 Å². The third-order valence-corrected chi connectivity index (χ3v) is 4.20. The van der Waals surface area contributed by atoms with Crippen molar-refractivity contribution in [2.75, 3.05) is 6.54 Å². The highest BCUT2D eigenvalue weighted by molar-refractivity contribution is 5.82. The molecule has 1 aliphatic carbocycles. The zero-order valence-electron chi connectivity index (χ0n) is 12.2. The number of nitrogens with two attached hydrogens (primary N) is 1. The van der Waals surface area contributed by atoms with Gasteiger partial charge in [-0.3, -0.25) is 4.79 Å². The van der Waals surface area contributed by atoms with Crippen LogP contribution >= 0.6 is 0 Å². The molecule has 0 unspecified atom stereocenters. The van der Waals surface area contributed by atoms with Crippen LogP contribution in [0.15, 0.2) is 12.3 Å². The lowest BCUT2D eigenvalue weighted by atomic mass is 9.79. The Morgan fingerprint density at radius 2 is 2.05 bits per heavy atom. The maximum atomic E-state index is 12.5. The summed E-state index contributed by atoms with van der Waals surface area (Å²) in [7, 11) is 0. The molecule has 1 fully saturated rings. The summed E-state index contributed by atoms with van der Waals surface area (Å²) in [5.74, 6) is 0.804. The number of amides is 1. The van der Waals surface area contributed by atoms with E-state index in [2.05, 4.69) is 15.3 Å². The molecule has 0 saturated heterocycles. The van der Waals surface area contributed by atoms with Gasteiger partial charge in [-0.2, -0.15) is 0 Å². The van der Waals surface area contributed by atoms with Gasteiger partial charge in [0.05, 0.1) is 17.7 Å². The van der Waals surface area contributed by atoms with E-state index in [-0.39, 0.29) is 11.3 Å². The topological polar surface area (TPSA) is 80.9 Å². The molecule has 0 aromatic carbocycles. The summed E-state index contributed by atoms with van der Waals surface area (Å²) in [4.78, 5) is 20.9. The van der Waals surface area contributed by atoms with Gasteiger partial charge in [0.25, 0.3) is 0 Å². The summed E-state index contributed by atoms with van der Waals surface area (Å²) in [6.45, 7) is 2.73. The number of rotatable bonds is 4. The number of hydrogen-bond acceptors (Lipinski definition) is 4. The van der Waals surface area contributed by atoms with Crippen molar-refractivity contribution >= 4 is 5.91 Å². The second-order valence-electron chi connectivity index (χ2n) is 5.68. The number of hydrogen-bond donors (Lipinski definition) is 2. The van der Waals surface area contributed by atoms with Crippen LogP contribution in [0.5, 0.6) is 0 Å². The Bertz CT molecular complexity index is 453. The van der Waals surface area contributed by atoms with Crippen LogP contribution in [0.3, 0.4) is 0 Å². The van der Waals surface area contributed by atoms with Crippen molar-refractivity contribution in [3.05, 3.63) is 23.8 Å². The highest BCUT2D eigenvalue weighted by atomic mass is 16.2. The van der Waals surface area contributed by atoms with Crippen LogP contribution in [-0.2, 0) is 11.3 Å². The van der Waals surface area contributed by atoms with Gasteiger partial charge in [0.2, 0.25) is 5.91 Å². The number of carbonyl (C=O) groups excluding carboxylic acids is 1. The second kappa shape index (κ2) is 6.79. The predicted octanol–water partition coefficient (Wildman–Crippen LogP) is 1.70. The number of nitrogens with one attached hydrogen (secondary N) is 1. The summed E-state index contributed by atoms with van der Waals surface area (Å²) in [6, 6.07) is 1.83. The van der Waals surface area contributed by atoms with Crippen LogP contribution in [0.4, 0.5) is 0 Å². The molecular weight excluding hydrogens is 252 g/mol. The van der Waals surface area contributed by atoms with Gasteiger partial charge >= 0.3 is 0 Å². The molecule has 20 heavy (non-hydrogen) atoms. The standard InChI is InChI=1S/C15H24N4O/c1-12-17-9-6-13(19-12)10-18-14(20)15(11-16)7-4-2-3-5-8-15/h6,9H,2-5,7-8,10-11,16H2,1H3,(H,18,20). The largest absolute Gasteiger partial charge is 0.350 e. The third kappa shape index (κ3) is 3.54. The fourth-order valence-electron chi connectivity index (χ4n) is 2.89. The number of aryl methyl sites for hydroxylation is 1. The molecule has 3 N–H and O–H groups in total. The van der Waals surface area contributed by atoms with Crippen LogP contribution in [-0.4, -0.2) is 22.4 Å². The van der Waals surface area contributed by atoms with Gasteiger partial charge in [0.1, 0.15) is 5.82 Å². The Morgan fingerprint density at radius 1 is 1.35 bits per heavy atom. The predicted molar refractivity (Wildman–Crippen MR) is 77.8 cm³/mol. The molecule has 1 aromatic rings. The highest BCUT2D eigenvalue weighted by Crippen LogP contribution is 2.34. The second-order valence-corrected chi connectivity index (χ2v) is 5.68. The molecule has 0 atom stereocenters. The van der Waals surface area contributed by atoms with E-state index in [0.29, 0.717) is 13.1 Å². The van der Waals surface area contributed by atoms with E-state index < -0.39 is 0 Å². The summed E-state index contributed by atoms with van der Waals surface area (Å²) in [5, 5.41) is 3.01. The van der Waals surface area contributed by atoms with Gasteiger partial charge in [-0.05, 0) is 25.8 Å². The van der Waals surface area contributed by atoms with Crippen LogP contribution in [0.25, 0.3) is 0 Å². The van der Waals surface area contributed by atoms with E-state index in [4.69, 9.17) is 5.73 Å². The minimum absolute atomic E-state index is 0.0816. The quantitative estimate of drug-likeness (QED) is 0.820. The van der Waals surface area contributed by atoms with E-state index >= 15 is 0 Å². The van der Waals surface area contributed by atoms with Crippen LogP contribution < -0.4 is 11.1 Å². The first-order chi connectivity index (χ1) is 9.66. The summed E-state index contributed by atoms with van der Waals surface area (Å²) in [5.41, 5.74) is 6.38. The monoisotopic (exact) mass is 276 g/mol. The van der Waals surface area contributed by atoms with Crippen molar-refractivity contribution in [3.63, 3.8) is 0 Å². The Kier molecular flexibility index (Phi) is 5.06. The summed E-state index contributed by atoms with van der Waals surface area (Å²) < 4.78 is 0. The highest BCUT2D eigenvalue weighted by Gasteiger charge is 2.36. The maximum Gasteiger partial charge on any atom is 0.227 e. The van der Waals surface area contributed by atoms with Crippen molar-refractivity contribution in [2.45, 2.75) is 52.0 Å². The lowest BCUT2D eigenvalue weighted by molar-refractivity contribution is -0.131. The maximum absolute atomic E-state index is 12.5. The molecule has 0 spiro atoms. The zero-order valence-corrected chi connectivity index (χ0v) is 12.2. The first-order valence-electron chi connectivity index (χ1n) is 7.43. The van der Waals surface area contributed by atoms with Gasteiger partial charge in [0, 0.05) is 12.7 Å². The van der Waals surface area contributed by atoms with Crippen LogP contribution in [0.1, 0.15) is 50.0 Å². The summed E-state index contributed by atoms with van der Waals surface area (Å²) >= 11 is 0. The van der Waals surface area contributed by atoms with Crippen molar-refractivity contribution < 1.29 is 4.79 Å². The number of nitrogens with zero attached hydrogens (tertiary/aromatic N) is 2. The molecule has 5 heteroatoms. The fourth-order valence-corrected chi connectivity index (χ4v) is 2.89. The average Bonchev–Trinajstić information content (AvgIpc) is 2.71. The Hall–Kier alpha value is -1.49. The van der Waals surface area contributed by atoms with E-state index in [9.17, 15) is 4.79 Å². The number of aromatic nitrogens is 2. The fraction of sp³-hybridized carbons (Fsp3) is 0.667. The summed E-state index contributed by atoms with van der Waals surface area (Å²) in [6.07, 6.45) is 8.12. The molecule has 1 heterocycles. The molecule has 0 radical (unpaired) electrons. The molecule has 0 bridgehead atoms. The normalized spacial score (nSPS) is 18.3. The van der Waals surface area contributed by atoms with E-state index in [1.807, 2.05) is 13.0 Å². The van der Waals surface area contributed by atoms with Gasteiger partial charge in [-0.25, -0.2) is 9.97 Å². The molecule has 1 amide bonds. The van der Waals surface area contributed by atoms with Gasteiger partial charge in [0.15, 0.2) is 0 Å². The van der Waals surface area contributed by atoms with Crippen LogP contribution in [0.2, 0.25) is 0 Å². The van der Waals surface area contributed by atoms with E-state index in [0.717, 1.165) is 37.2 Å². The molecule has 1 saturated carbocycles. The Morgan fingerprint density at radius 3 is 2.65 bits per heavy atom. The lowest BCUT2D eigenvalue weighted by Gasteiger charge is -2.29. The first-order valence-corrected chi connectivity index (χ1v) is 7.43. The van der Waals surface area contributed by atoms with Crippen LogP contribution in [0, 0.1) is 12.3 Å². The van der Waals surface area contributed by atoms with E-state index in [1.54, 1.807) is 6.20 Å². The van der Waals surface area contributed by atoms with Crippen molar-refractivity contribution in [3.8, 4) is 0 Å². The first kappa shape index (κ1) is 14.9. The Labute approximate surface area is 120 Å². The molecule has 1 aliphatic rings. The van der Waals surface area contributed by atoms with Gasteiger partial charge < -0.3 is 11.1 Å². The third-order valence-electron chi connectivity index (χ3n) is 4.20. The molecule has 2 rings (SSSR count). The lowest BCUT2D eigenvalue weighted by Crippen LogP contribution is -2.45. The number of carbonyl (C=O) groups is 1. The molecule has 0 aliphatic heterocycles. The van der Waals surface area contributed by atoms with Gasteiger partial charge in [-0.1, -0.05) is 25.7 Å². The molecule has 5 nitrogen and oxygen atoms in total. The molecule has 1 aromatic heterocycles. The minimum Gasteiger partial charge on any atom is -0.350 e.